The highest BCUT2D eigenvalue weighted by atomic mass is 19.3. The first kappa shape index (κ1) is 8.95. The molecule has 0 bridgehead atoms. The minimum Gasteiger partial charge on any atom is -0.202 e. The Kier molecular flexibility index (Phi) is 2.30. The smallest absolute Gasteiger partial charge is 0.202 e. The van der Waals surface area contributed by atoms with Gasteiger partial charge in [-0.25, -0.2) is 8.78 Å². The first-order chi connectivity index (χ1) is 5.50. The fraction of sp³-hybridized carbons (Fsp3) is 0.300. The molecule has 0 spiro atoms. The van der Waals surface area contributed by atoms with E-state index in [4.69, 9.17) is 0 Å². The molecular formula is C10H10F2. The van der Waals surface area contributed by atoms with E-state index in [1.165, 1.54) is 12.2 Å². The van der Waals surface area contributed by atoms with Gasteiger partial charge in [0, 0.05) is 12.5 Å². The van der Waals surface area contributed by atoms with Gasteiger partial charge in [0.2, 0.25) is 0 Å². The lowest BCUT2D eigenvalue weighted by Gasteiger charge is -2.10. The van der Waals surface area contributed by atoms with Crippen molar-refractivity contribution in [3.8, 4) is 0 Å². The van der Waals surface area contributed by atoms with Crippen LogP contribution in [0.4, 0.5) is 8.78 Å². The zero-order chi connectivity index (χ0) is 9.19. The van der Waals surface area contributed by atoms with Crippen molar-refractivity contribution in [1.29, 1.82) is 0 Å². The quantitative estimate of drug-likeness (QED) is 0.527. The second-order valence-corrected chi connectivity index (χ2v) is 2.84. The largest absolute Gasteiger partial charge is 0.270 e. The molecule has 64 valence electrons. The molecule has 0 aromatic heterocycles. The molecule has 0 saturated heterocycles. The molecule has 0 N–H and O–H groups in total. The molecule has 0 aromatic carbocycles. The molecule has 12 heavy (non-hydrogen) atoms. The van der Waals surface area contributed by atoms with E-state index in [1.54, 1.807) is 19.1 Å². The molecular weight excluding hydrogens is 158 g/mol. The summed E-state index contributed by atoms with van der Waals surface area (Å²) < 4.78 is 25.6. The normalized spacial score (nSPS) is 17.0. The number of halogens is 2. The molecule has 0 unspecified atom stereocenters. The molecule has 0 saturated carbocycles. The van der Waals surface area contributed by atoms with Gasteiger partial charge < -0.3 is 0 Å². The van der Waals surface area contributed by atoms with E-state index in [2.05, 4.69) is 5.73 Å². The lowest BCUT2D eigenvalue weighted by Crippen LogP contribution is -2.11. The van der Waals surface area contributed by atoms with Crippen LogP contribution in [0, 0.1) is 0 Å². The summed E-state index contributed by atoms with van der Waals surface area (Å²) in [5.74, 6) is -2.77. The molecule has 1 rings (SSSR count). The van der Waals surface area contributed by atoms with Gasteiger partial charge in [-0.3, -0.25) is 0 Å². The molecule has 0 atom stereocenters. The van der Waals surface area contributed by atoms with Gasteiger partial charge in [-0.15, -0.1) is 5.73 Å². The maximum atomic E-state index is 12.8. The Morgan fingerprint density at radius 1 is 1.42 bits per heavy atom. The summed E-state index contributed by atoms with van der Waals surface area (Å²) in [5.41, 5.74) is 3.59. The van der Waals surface area contributed by atoms with Gasteiger partial charge in [0.1, 0.15) is 0 Å². The van der Waals surface area contributed by atoms with Gasteiger partial charge in [0.15, 0.2) is 0 Å². The maximum Gasteiger partial charge on any atom is 0.270 e. The minimum absolute atomic E-state index is 0.0289. The highest BCUT2D eigenvalue weighted by Gasteiger charge is 2.25. The second kappa shape index (κ2) is 3.08. The van der Waals surface area contributed by atoms with E-state index in [0.29, 0.717) is 0 Å². The van der Waals surface area contributed by atoms with Crippen molar-refractivity contribution < 1.29 is 8.78 Å². The summed E-state index contributed by atoms with van der Waals surface area (Å²) in [5, 5.41) is 0. The fourth-order valence-electron chi connectivity index (χ4n) is 0.927. The van der Waals surface area contributed by atoms with Crippen LogP contribution in [-0.4, -0.2) is 5.92 Å². The van der Waals surface area contributed by atoms with Gasteiger partial charge in [0.05, 0.1) is 0 Å². The van der Waals surface area contributed by atoms with E-state index >= 15 is 0 Å². The van der Waals surface area contributed by atoms with Crippen molar-refractivity contribution in [3.05, 3.63) is 41.2 Å². The van der Waals surface area contributed by atoms with Crippen molar-refractivity contribution in [1.82, 2.24) is 0 Å². The Balaban J connectivity index is 3.04. The number of allylic oxidation sites excluding steroid dienone is 5. The molecule has 0 heterocycles. The van der Waals surface area contributed by atoms with Gasteiger partial charge in [-0.1, -0.05) is 12.2 Å². The summed E-state index contributed by atoms with van der Waals surface area (Å²) in [6, 6.07) is 0. The van der Waals surface area contributed by atoms with Crippen molar-refractivity contribution in [2.75, 3.05) is 0 Å². The van der Waals surface area contributed by atoms with E-state index in [0.717, 1.165) is 12.5 Å². The number of alkyl halides is 2. The molecule has 0 amide bonds. The van der Waals surface area contributed by atoms with Crippen LogP contribution in [0.5, 0.6) is 0 Å². The lowest BCUT2D eigenvalue weighted by atomic mass is 10.1. The predicted octanol–water partition coefficient (Wildman–Crippen LogP) is 3.24. The topological polar surface area (TPSA) is 0 Å². The third-order valence-electron chi connectivity index (χ3n) is 1.56. The van der Waals surface area contributed by atoms with Gasteiger partial charge in [0.25, 0.3) is 5.92 Å². The van der Waals surface area contributed by atoms with E-state index in [-0.39, 0.29) is 5.57 Å². The molecule has 0 aromatic rings. The molecule has 0 radical (unpaired) electrons. The van der Waals surface area contributed by atoms with Crippen LogP contribution in [0.25, 0.3) is 0 Å². The molecule has 2 heteroatoms. The Morgan fingerprint density at radius 3 is 2.67 bits per heavy atom. The maximum absolute atomic E-state index is 12.8. The summed E-state index contributed by atoms with van der Waals surface area (Å²) in [7, 11) is 0. The summed E-state index contributed by atoms with van der Waals surface area (Å²) in [4.78, 5) is 0. The van der Waals surface area contributed by atoms with Crippen molar-refractivity contribution >= 4 is 0 Å². The molecule has 0 aliphatic heterocycles. The number of hydrogen-bond donors (Lipinski definition) is 0. The van der Waals surface area contributed by atoms with Crippen molar-refractivity contribution in [2.45, 2.75) is 19.8 Å². The summed E-state index contributed by atoms with van der Waals surface area (Å²) in [6.45, 7) is 2.64. The van der Waals surface area contributed by atoms with Gasteiger partial charge in [-0.05, 0) is 24.6 Å². The summed E-state index contributed by atoms with van der Waals surface area (Å²) in [6.07, 6.45) is 6.05. The number of hydrogen-bond acceptors (Lipinski definition) is 0. The first-order valence-electron chi connectivity index (χ1n) is 3.70. The third kappa shape index (κ3) is 2.18. The molecule has 1 aliphatic carbocycles. The van der Waals surface area contributed by atoms with Crippen LogP contribution >= 0.6 is 0 Å². The standard InChI is InChI=1S/C10H10F2/c1-8-5-3-4-6-9(7-8)10(2,11)12/h3-4,6-7H,1-2H3. The van der Waals surface area contributed by atoms with Crippen molar-refractivity contribution in [2.24, 2.45) is 0 Å². The predicted molar refractivity (Wildman–Crippen MR) is 45.1 cm³/mol. The van der Waals surface area contributed by atoms with E-state index in [9.17, 15) is 8.78 Å². The monoisotopic (exact) mass is 168 g/mol. The summed E-state index contributed by atoms with van der Waals surface area (Å²) >= 11 is 0. The van der Waals surface area contributed by atoms with Gasteiger partial charge in [-0.2, -0.15) is 0 Å². The van der Waals surface area contributed by atoms with Gasteiger partial charge >= 0.3 is 0 Å². The fourth-order valence-corrected chi connectivity index (χ4v) is 0.927. The Bertz CT molecular complexity index is 294. The van der Waals surface area contributed by atoms with Crippen LogP contribution in [0.3, 0.4) is 0 Å². The van der Waals surface area contributed by atoms with Crippen LogP contribution in [0.15, 0.2) is 41.2 Å². The molecule has 1 aliphatic rings. The highest BCUT2D eigenvalue weighted by molar-refractivity contribution is 5.37. The second-order valence-electron chi connectivity index (χ2n) is 2.84. The minimum atomic E-state index is -2.77. The average molecular weight is 168 g/mol. The number of rotatable bonds is 1. The molecule has 0 nitrogen and oxygen atoms in total. The molecule has 0 fully saturated rings. The van der Waals surface area contributed by atoms with Crippen LogP contribution in [0.1, 0.15) is 13.8 Å². The van der Waals surface area contributed by atoms with Crippen LogP contribution in [0.2, 0.25) is 0 Å². The van der Waals surface area contributed by atoms with Crippen LogP contribution < -0.4 is 0 Å². The third-order valence-corrected chi connectivity index (χ3v) is 1.56. The van der Waals surface area contributed by atoms with Crippen LogP contribution in [-0.2, 0) is 0 Å². The van der Waals surface area contributed by atoms with Crippen molar-refractivity contribution in [3.63, 3.8) is 0 Å². The first-order valence-corrected chi connectivity index (χ1v) is 3.70. The highest BCUT2D eigenvalue weighted by Crippen LogP contribution is 2.25. The SMILES string of the molecule is CC1=C=CC=CC(C(C)(F)F)=C1. The zero-order valence-corrected chi connectivity index (χ0v) is 7.07. The lowest BCUT2D eigenvalue weighted by molar-refractivity contribution is 0.0674. The Hall–Kier alpha value is -1.14. The van der Waals surface area contributed by atoms with E-state index in [1.807, 2.05) is 0 Å². The average Bonchev–Trinajstić information content (AvgIpc) is 2.11. The Morgan fingerprint density at radius 2 is 2.08 bits per heavy atom. The zero-order valence-electron chi connectivity index (χ0n) is 7.07. The van der Waals surface area contributed by atoms with E-state index < -0.39 is 5.92 Å². The Labute approximate surface area is 70.6 Å².